The Morgan fingerprint density at radius 1 is 1.33 bits per heavy atom. The van der Waals surface area contributed by atoms with Crippen molar-refractivity contribution in [3.8, 4) is 6.07 Å². The van der Waals surface area contributed by atoms with Gasteiger partial charge in [0.15, 0.2) is 0 Å². The Morgan fingerprint density at radius 3 is 2.76 bits per heavy atom. The van der Waals surface area contributed by atoms with Crippen LogP contribution in [0.4, 0.5) is 19.0 Å². The SMILES string of the molecule is N#Cc1ccc(C(F)(F)F)nc1NCCCn1ccnn1. The van der Waals surface area contributed by atoms with Crippen LogP contribution in [0.25, 0.3) is 0 Å². The predicted octanol–water partition coefficient (Wildman–Crippen LogP) is 2.07. The lowest BCUT2D eigenvalue weighted by molar-refractivity contribution is -0.141. The van der Waals surface area contributed by atoms with E-state index < -0.39 is 11.9 Å². The average Bonchev–Trinajstić information content (AvgIpc) is 2.95. The van der Waals surface area contributed by atoms with Crippen molar-refractivity contribution >= 4 is 5.82 Å². The molecular weight excluding hydrogens is 285 g/mol. The zero-order chi connectivity index (χ0) is 15.3. The molecule has 0 amide bonds. The average molecular weight is 296 g/mol. The molecule has 2 rings (SSSR count). The molecule has 2 aromatic heterocycles. The summed E-state index contributed by atoms with van der Waals surface area (Å²) in [5, 5.41) is 19.0. The van der Waals surface area contributed by atoms with E-state index in [1.807, 2.05) is 6.07 Å². The summed E-state index contributed by atoms with van der Waals surface area (Å²) >= 11 is 0. The van der Waals surface area contributed by atoms with Crippen molar-refractivity contribution in [2.24, 2.45) is 0 Å². The molecule has 0 bridgehead atoms. The highest BCUT2D eigenvalue weighted by atomic mass is 19.4. The van der Waals surface area contributed by atoms with Crippen LogP contribution in [0.1, 0.15) is 17.7 Å². The van der Waals surface area contributed by atoms with Crippen LogP contribution in [0.2, 0.25) is 0 Å². The number of alkyl halides is 3. The zero-order valence-electron chi connectivity index (χ0n) is 10.8. The van der Waals surface area contributed by atoms with Gasteiger partial charge in [0.1, 0.15) is 17.6 Å². The molecule has 9 heteroatoms. The molecule has 0 spiro atoms. The minimum Gasteiger partial charge on any atom is -0.369 e. The Labute approximate surface area is 118 Å². The van der Waals surface area contributed by atoms with Gasteiger partial charge in [-0.15, -0.1) is 5.10 Å². The van der Waals surface area contributed by atoms with E-state index in [4.69, 9.17) is 5.26 Å². The van der Waals surface area contributed by atoms with Gasteiger partial charge in [-0.05, 0) is 18.6 Å². The molecule has 0 aromatic carbocycles. The molecule has 0 unspecified atom stereocenters. The minimum atomic E-state index is -4.54. The van der Waals surface area contributed by atoms with Crippen LogP contribution < -0.4 is 5.32 Å². The first-order valence-corrected chi connectivity index (χ1v) is 6.07. The molecule has 0 aliphatic carbocycles. The quantitative estimate of drug-likeness (QED) is 0.854. The largest absolute Gasteiger partial charge is 0.433 e. The van der Waals surface area contributed by atoms with Crippen molar-refractivity contribution in [3.05, 3.63) is 35.8 Å². The Morgan fingerprint density at radius 2 is 2.14 bits per heavy atom. The number of rotatable bonds is 5. The van der Waals surface area contributed by atoms with Gasteiger partial charge < -0.3 is 5.32 Å². The number of pyridine rings is 1. The van der Waals surface area contributed by atoms with Crippen molar-refractivity contribution in [2.45, 2.75) is 19.1 Å². The molecule has 110 valence electrons. The second kappa shape index (κ2) is 6.21. The summed E-state index contributed by atoms with van der Waals surface area (Å²) in [4.78, 5) is 3.46. The fraction of sp³-hybridized carbons (Fsp3) is 0.333. The third kappa shape index (κ3) is 3.92. The first-order chi connectivity index (χ1) is 10.0. The molecule has 0 radical (unpaired) electrons. The van der Waals surface area contributed by atoms with E-state index in [0.717, 1.165) is 12.1 Å². The summed E-state index contributed by atoms with van der Waals surface area (Å²) in [6, 6.07) is 3.71. The summed E-state index contributed by atoms with van der Waals surface area (Å²) in [5.41, 5.74) is -0.955. The Bertz CT molecular complexity index is 629. The molecule has 21 heavy (non-hydrogen) atoms. The van der Waals surface area contributed by atoms with Gasteiger partial charge in [-0.3, -0.25) is 4.68 Å². The number of nitrogens with one attached hydrogen (secondary N) is 1. The van der Waals surface area contributed by atoms with E-state index in [2.05, 4.69) is 20.6 Å². The lowest BCUT2D eigenvalue weighted by atomic mass is 10.2. The fourth-order valence-electron chi connectivity index (χ4n) is 1.64. The smallest absolute Gasteiger partial charge is 0.369 e. The maximum atomic E-state index is 12.6. The summed E-state index contributed by atoms with van der Waals surface area (Å²) in [6.45, 7) is 0.927. The van der Waals surface area contributed by atoms with Gasteiger partial charge in [0.25, 0.3) is 0 Å². The fourth-order valence-corrected chi connectivity index (χ4v) is 1.64. The molecule has 2 aromatic rings. The number of aromatic nitrogens is 4. The van der Waals surface area contributed by atoms with E-state index in [1.54, 1.807) is 10.9 Å². The van der Waals surface area contributed by atoms with Crippen molar-refractivity contribution in [1.82, 2.24) is 20.0 Å². The molecule has 0 aliphatic heterocycles. The molecule has 0 aliphatic rings. The Kier molecular flexibility index (Phi) is 4.37. The lowest BCUT2D eigenvalue weighted by Gasteiger charge is -2.11. The van der Waals surface area contributed by atoms with Gasteiger partial charge in [0, 0.05) is 19.3 Å². The van der Waals surface area contributed by atoms with Crippen LogP contribution in [0, 0.1) is 11.3 Å². The molecule has 0 atom stereocenters. The van der Waals surface area contributed by atoms with Crippen LogP contribution in [0.3, 0.4) is 0 Å². The molecular formula is C12H11F3N6. The van der Waals surface area contributed by atoms with Gasteiger partial charge in [0.05, 0.1) is 11.8 Å². The first kappa shape index (κ1) is 14.8. The maximum absolute atomic E-state index is 12.6. The number of anilines is 1. The molecule has 0 saturated carbocycles. The maximum Gasteiger partial charge on any atom is 0.433 e. The number of hydrogen-bond donors (Lipinski definition) is 1. The summed E-state index contributed by atoms with van der Waals surface area (Å²) in [6.07, 6.45) is -0.712. The highest BCUT2D eigenvalue weighted by Gasteiger charge is 2.33. The van der Waals surface area contributed by atoms with Crippen molar-refractivity contribution in [2.75, 3.05) is 11.9 Å². The van der Waals surface area contributed by atoms with Gasteiger partial charge in [-0.1, -0.05) is 5.21 Å². The number of nitriles is 1. The summed E-state index contributed by atoms with van der Waals surface area (Å²) in [7, 11) is 0. The monoisotopic (exact) mass is 296 g/mol. The molecule has 1 N–H and O–H groups in total. The highest BCUT2D eigenvalue weighted by molar-refractivity contribution is 5.52. The van der Waals surface area contributed by atoms with Crippen LogP contribution in [0.15, 0.2) is 24.5 Å². The topological polar surface area (TPSA) is 79.4 Å². The standard InChI is InChI=1S/C12H11F3N6/c13-12(14,15)10-3-2-9(8-16)11(19-10)17-4-1-6-21-7-5-18-20-21/h2-3,5,7H,1,4,6H2,(H,17,19). The van der Waals surface area contributed by atoms with Crippen molar-refractivity contribution in [1.29, 1.82) is 5.26 Å². The Balaban J connectivity index is 1.99. The van der Waals surface area contributed by atoms with Crippen LogP contribution in [0.5, 0.6) is 0 Å². The van der Waals surface area contributed by atoms with E-state index >= 15 is 0 Å². The molecule has 6 nitrogen and oxygen atoms in total. The number of halogens is 3. The van der Waals surface area contributed by atoms with E-state index in [0.29, 0.717) is 19.5 Å². The van der Waals surface area contributed by atoms with Gasteiger partial charge in [-0.25, -0.2) is 4.98 Å². The third-order valence-electron chi connectivity index (χ3n) is 2.63. The van der Waals surface area contributed by atoms with E-state index in [-0.39, 0.29) is 11.4 Å². The number of aryl methyl sites for hydroxylation is 1. The van der Waals surface area contributed by atoms with Gasteiger partial charge >= 0.3 is 6.18 Å². The number of hydrogen-bond acceptors (Lipinski definition) is 5. The third-order valence-corrected chi connectivity index (χ3v) is 2.63. The normalized spacial score (nSPS) is 11.1. The molecule has 2 heterocycles. The second-order valence-electron chi connectivity index (χ2n) is 4.15. The summed E-state index contributed by atoms with van der Waals surface area (Å²) in [5.74, 6) is -0.0640. The van der Waals surface area contributed by atoms with Gasteiger partial charge in [-0.2, -0.15) is 18.4 Å². The molecule has 0 saturated heterocycles. The minimum absolute atomic E-state index is 0.0640. The van der Waals surface area contributed by atoms with Crippen LogP contribution >= 0.6 is 0 Å². The number of nitrogens with zero attached hydrogens (tertiary/aromatic N) is 5. The Hall–Kier alpha value is -2.63. The van der Waals surface area contributed by atoms with Gasteiger partial charge in [0.2, 0.25) is 0 Å². The molecule has 0 fully saturated rings. The second-order valence-corrected chi connectivity index (χ2v) is 4.15. The highest BCUT2D eigenvalue weighted by Crippen LogP contribution is 2.29. The van der Waals surface area contributed by atoms with Crippen molar-refractivity contribution < 1.29 is 13.2 Å². The summed E-state index contributed by atoms with van der Waals surface area (Å²) < 4.78 is 39.4. The predicted molar refractivity (Wildman–Crippen MR) is 67.1 cm³/mol. The van der Waals surface area contributed by atoms with E-state index in [1.165, 1.54) is 6.20 Å². The van der Waals surface area contributed by atoms with Crippen LogP contribution in [-0.4, -0.2) is 26.5 Å². The van der Waals surface area contributed by atoms with E-state index in [9.17, 15) is 13.2 Å². The van der Waals surface area contributed by atoms with Crippen molar-refractivity contribution in [3.63, 3.8) is 0 Å². The lowest BCUT2D eigenvalue weighted by Crippen LogP contribution is -2.13. The first-order valence-electron chi connectivity index (χ1n) is 6.07. The van der Waals surface area contributed by atoms with Crippen LogP contribution in [-0.2, 0) is 12.7 Å². The zero-order valence-corrected chi connectivity index (χ0v) is 10.8.